The van der Waals surface area contributed by atoms with Gasteiger partial charge in [-0.05, 0) is 44.8 Å². The number of nitrogens with zero attached hydrogens (tertiary/aromatic N) is 6. The summed E-state index contributed by atoms with van der Waals surface area (Å²) in [6, 6.07) is 6.72. The molecular formula is C21H24ClN7O2. The molecule has 0 aliphatic carbocycles. The van der Waals surface area contributed by atoms with Crippen molar-refractivity contribution in [1.29, 1.82) is 0 Å². The number of nitrogen functional groups attached to an aromatic ring is 1. The monoisotopic (exact) mass is 441 g/mol. The molecule has 1 atom stereocenters. The van der Waals surface area contributed by atoms with Crippen LogP contribution in [0.2, 0.25) is 5.02 Å². The van der Waals surface area contributed by atoms with Crippen molar-refractivity contribution in [2.45, 2.75) is 12.5 Å². The van der Waals surface area contributed by atoms with E-state index < -0.39 is 0 Å². The SMILES string of the molecule is CN(C)C/C=C/C(=O)N1CC[C@@H](n2c(=O)n(-c3ccc(Cl)cc3)c3c(N)ncnc32)C1. The van der Waals surface area contributed by atoms with Gasteiger partial charge in [0.05, 0.1) is 11.7 Å². The number of anilines is 1. The fourth-order valence-corrected chi connectivity index (χ4v) is 3.97. The molecule has 10 heteroatoms. The van der Waals surface area contributed by atoms with Gasteiger partial charge >= 0.3 is 5.69 Å². The molecule has 1 aliphatic rings. The average Bonchev–Trinajstić information content (AvgIpc) is 3.31. The van der Waals surface area contributed by atoms with E-state index in [2.05, 4.69) is 9.97 Å². The van der Waals surface area contributed by atoms with Crippen LogP contribution in [0.1, 0.15) is 12.5 Å². The average molecular weight is 442 g/mol. The molecule has 1 aliphatic heterocycles. The van der Waals surface area contributed by atoms with Gasteiger partial charge in [-0.3, -0.25) is 13.9 Å². The van der Waals surface area contributed by atoms with Crippen LogP contribution in [0, 0.1) is 0 Å². The zero-order valence-electron chi connectivity index (χ0n) is 17.4. The Morgan fingerprint density at radius 1 is 1.29 bits per heavy atom. The van der Waals surface area contributed by atoms with Crippen LogP contribution in [0.15, 0.2) is 47.5 Å². The fourth-order valence-electron chi connectivity index (χ4n) is 3.85. The first-order valence-corrected chi connectivity index (χ1v) is 10.3. The molecule has 0 bridgehead atoms. The molecule has 1 saturated heterocycles. The molecule has 0 radical (unpaired) electrons. The molecule has 4 rings (SSSR count). The maximum absolute atomic E-state index is 13.5. The maximum Gasteiger partial charge on any atom is 0.335 e. The zero-order valence-corrected chi connectivity index (χ0v) is 18.2. The lowest BCUT2D eigenvalue weighted by atomic mass is 10.2. The van der Waals surface area contributed by atoms with E-state index in [1.54, 1.807) is 39.8 Å². The van der Waals surface area contributed by atoms with Crippen LogP contribution >= 0.6 is 11.6 Å². The highest BCUT2D eigenvalue weighted by Crippen LogP contribution is 2.27. The number of aromatic nitrogens is 4. The van der Waals surface area contributed by atoms with Crippen molar-refractivity contribution in [2.75, 3.05) is 39.5 Å². The Hall–Kier alpha value is -3.17. The van der Waals surface area contributed by atoms with E-state index in [1.165, 1.54) is 10.9 Å². The van der Waals surface area contributed by atoms with Crippen molar-refractivity contribution >= 4 is 34.5 Å². The van der Waals surface area contributed by atoms with Gasteiger partial charge in [-0.15, -0.1) is 0 Å². The third-order valence-electron chi connectivity index (χ3n) is 5.34. The maximum atomic E-state index is 13.5. The number of imidazole rings is 1. The van der Waals surface area contributed by atoms with Gasteiger partial charge < -0.3 is 15.5 Å². The predicted octanol–water partition coefficient (Wildman–Crippen LogP) is 1.71. The quantitative estimate of drug-likeness (QED) is 0.605. The highest BCUT2D eigenvalue weighted by molar-refractivity contribution is 6.30. The summed E-state index contributed by atoms with van der Waals surface area (Å²) in [4.78, 5) is 38.2. The summed E-state index contributed by atoms with van der Waals surface area (Å²) < 4.78 is 3.13. The van der Waals surface area contributed by atoms with E-state index in [0.717, 1.165) is 0 Å². The van der Waals surface area contributed by atoms with Crippen LogP contribution in [0.3, 0.4) is 0 Å². The molecule has 3 heterocycles. The summed E-state index contributed by atoms with van der Waals surface area (Å²) in [5, 5.41) is 0.567. The highest BCUT2D eigenvalue weighted by Gasteiger charge is 2.31. The number of likely N-dealkylation sites (N-methyl/N-ethyl adjacent to an activating group) is 1. The van der Waals surface area contributed by atoms with Crippen LogP contribution in [-0.2, 0) is 4.79 Å². The molecular weight excluding hydrogens is 418 g/mol. The first-order chi connectivity index (χ1) is 14.9. The van der Waals surface area contributed by atoms with Crippen molar-refractivity contribution in [2.24, 2.45) is 0 Å². The minimum Gasteiger partial charge on any atom is -0.382 e. The lowest BCUT2D eigenvalue weighted by Gasteiger charge is -2.15. The molecule has 3 aromatic rings. The Kier molecular flexibility index (Phi) is 5.79. The summed E-state index contributed by atoms with van der Waals surface area (Å²) in [5.74, 6) is 0.154. The lowest BCUT2D eigenvalue weighted by Crippen LogP contribution is -2.31. The Morgan fingerprint density at radius 2 is 2.03 bits per heavy atom. The first-order valence-electron chi connectivity index (χ1n) is 9.96. The number of rotatable bonds is 5. The second-order valence-corrected chi connectivity index (χ2v) is 8.22. The van der Waals surface area contributed by atoms with Gasteiger partial charge in [0.25, 0.3) is 0 Å². The number of carbonyl (C=O) groups excluding carboxylic acids is 1. The van der Waals surface area contributed by atoms with Crippen LogP contribution in [0.25, 0.3) is 16.9 Å². The summed E-state index contributed by atoms with van der Waals surface area (Å²) in [5.41, 5.74) is 7.39. The predicted molar refractivity (Wildman–Crippen MR) is 120 cm³/mol. The molecule has 1 fully saturated rings. The molecule has 2 aromatic heterocycles. The molecule has 1 aromatic carbocycles. The van der Waals surface area contributed by atoms with Crippen LogP contribution in [0.5, 0.6) is 0 Å². The Labute approximate surface area is 184 Å². The molecule has 162 valence electrons. The molecule has 31 heavy (non-hydrogen) atoms. The van der Waals surface area contributed by atoms with E-state index in [-0.39, 0.29) is 23.5 Å². The van der Waals surface area contributed by atoms with Crippen molar-refractivity contribution in [1.82, 2.24) is 28.9 Å². The van der Waals surface area contributed by atoms with Gasteiger partial charge in [-0.25, -0.2) is 14.8 Å². The second-order valence-electron chi connectivity index (χ2n) is 7.79. The standard InChI is InChI=1S/C21H24ClN7O2/c1-26(2)10-3-4-17(30)27-11-9-16(12-27)29-20-18(19(23)24-13-25-20)28(21(29)31)15-7-5-14(22)6-8-15/h3-8,13,16H,9-12H2,1-2H3,(H2,23,24,25)/b4-3+/t16-/m1/s1. The van der Waals surface area contributed by atoms with Crippen LogP contribution < -0.4 is 11.4 Å². The van der Waals surface area contributed by atoms with Gasteiger partial charge in [0.15, 0.2) is 11.5 Å². The number of fused-ring (bicyclic) bond motifs is 1. The van der Waals surface area contributed by atoms with E-state index in [4.69, 9.17) is 17.3 Å². The third-order valence-corrected chi connectivity index (χ3v) is 5.59. The van der Waals surface area contributed by atoms with Crippen molar-refractivity contribution in [3.63, 3.8) is 0 Å². The molecule has 0 spiro atoms. The summed E-state index contributed by atoms with van der Waals surface area (Å²) in [7, 11) is 3.88. The van der Waals surface area contributed by atoms with Crippen molar-refractivity contribution in [3.8, 4) is 5.69 Å². The van der Waals surface area contributed by atoms with Gasteiger partial charge in [0, 0.05) is 30.7 Å². The third kappa shape index (κ3) is 4.06. The second kappa shape index (κ2) is 8.52. The number of carbonyl (C=O) groups is 1. The Balaban J connectivity index is 1.71. The number of hydrogen-bond acceptors (Lipinski definition) is 6. The molecule has 1 amide bonds. The fraction of sp³-hybridized carbons (Fsp3) is 0.333. The molecule has 0 unspecified atom stereocenters. The van der Waals surface area contributed by atoms with Gasteiger partial charge in [0.1, 0.15) is 11.8 Å². The minimum atomic E-state index is -0.271. The number of likely N-dealkylation sites (tertiary alicyclic amines) is 1. The van der Waals surface area contributed by atoms with Crippen LogP contribution in [-0.4, -0.2) is 68.5 Å². The summed E-state index contributed by atoms with van der Waals surface area (Å²) in [6.45, 7) is 1.68. The van der Waals surface area contributed by atoms with E-state index in [9.17, 15) is 9.59 Å². The van der Waals surface area contributed by atoms with Crippen molar-refractivity contribution in [3.05, 3.63) is 58.3 Å². The Morgan fingerprint density at radius 3 is 2.74 bits per heavy atom. The zero-order chi connectivity index (χ0) is 22.1. The van der Waals surface area contributed by atoms with E-state index in [0.29, 0.717) is 47.9 Å². The first kappa shape index (κ1) is 21.1. The van der Waals surface area contributed by atoms with Gasteiger partial charge in [0.2, 0.25) is 5.91 Å². The Bertz CT molecular complexity index is 1200. The normalized spacial score (nSPS) is 16.8. The highest BCUT2D eigenvalue weighted by atomic mass is 35.5. The van der Waals surface area contributed by atoms with E-state index in [1.807, 2.05) is 25.1 Å². The number of nitrogens with two attached hydrogens (primary N) is 1. The molecule has 0 saturated carbocycles. The summed E-state index contributed by atoms with van der Waals surface area (Å²) in [6.07, 6.45) is 5.42. The largest absolute Gasteiger partial charge is 0.382 e. The summed E-state index contributed by atoms with van der Waals surface area (Å²) >= 11 is 6.01. The molecule has 2 N–H and O–H groups in total. The lowest BCUT2D eigenvalue weighted by molar-refractivity contribution is -0.125. The molecule has 9 nitrogen and oxygen atoms in total. The number of benzene rings is 1. The number of amides is 1. The topological polar surface area (TPSA) is 102 Å². The number of halogens is 1. The van der Waals surface area contributed by atoms with Crippen LogP contribution in [0.4, 0.5) is 5.82 Å². The van der Waals surface area contributed by atoms with Gasteiger partial charge in [-0.1, -0.05) is 17.7 Å². The van der Waals surface area contributed by atoms with Gasteiger partial charge in [-0.2, -0.15) is 0 Å². The minimum absolute atomic E-state index is 0.0621. The van der Waals surface area contributed by atoms with E-state index >= 15 is 0 Å². The smallest absolute Gasteiger partial charge is 0.335 e. The number of hydrogen-bond donors (Lipinski definition) is 1. The van der Waals surface area contributed by atoms with Crippen molar-refractivity contribution < 1.29 is 4.79 Å².